The molecular formula is C22H19N9O3. The lowest BCUT2D eigenvalue weighted by Crippen LogP contribution is -2.14. The number of para-hydroxylation sites is 1. The predicted molar refractivity (Wildman–Crippen MR) is 121 cm³/mol. The predicted octanol–water partition coefficient (Wildman–Crippen LogP) is 2.48. The van der Waals surface area contributed by atoms with Gasteiger partial charge in [0.1, 0.15) is 12.2 Å². The summed E-state index contributed by atoms with van der Waals surface area (Å²) in [5.74, 6) is 1.37. The zero-order valence-corrected chi connectivity index (χ0v) is 18.3. The Labute approximate surface area is 192 Å². The highest BCUT2D eigenvalue weighted by Crippen LogP contribution is 2.31. The van der Waals surface area contributed by atoms with E-state index in [0.29, 0.717) is 47.1 Å². The number of ether oxygens (including phenoxy) is 1. The monoisotopic (exact) mass is 457 g/mol. The van der Waals surface area contributed by atoms with Gasteiger partial charge in [-0.2, -0.15) is 5.10 Å². The molecule has 5 aromatic rings. The second-order valence-corrected chi connectivity index (χ2v) is 7.26. The first-order valence-corrected chi connectivity index (χ1v) is 10.2. The third-order valence-electron chi connectivity index (χ3n) is 5.04. The number of benzene rings is 1. The molecule has 1 amide bonds. The quantitative estimate of drug-likeness (QED) is 0.371. The Morgan fingerprint density at radius 1 is 1.21 bits per heavy atom. The van der Waals surface area contributed by atoms with E-state index >= 15 is 0 Å². The van der Waals surface area contributed by atoms with Crippen LogP contribution in [-0.2, 0) is 6.54 Å². The zero-order valence-electron chi connectivity index (χ0n) is 18.3. The molecule has 5 rings (SSSR count). The van der Waals surface area contributed by atoms with Gasteiger partial charge in [0, 0.05) is 24.7 Å². The van der Waals surface area contributed by atoms with Crippen LogP contribution in [0.15, 0.2) is 53.3 Å². The van der Waals surface area contributed by atoms with Crippen LogP contribution in [0.4, 0.5) is 11.5 Å². The van der Waals surface area contributed by atoms with E-state index in [1.807, 2.05) is 24.3 Å². The smallest absolute Gasteiger partial charge is 0.252 e. The van der Waals surface area contributed by atoms with Crippen LogP contribution in [0.1, 0.15) is 22.1 Å². The molecule has 4 heterocycles. The number of nitrogens with one attached hydrogen (secondary N) is 1. The van der Waals surface area contributed by atoms with E-state index in [1.54, 1.807) is 17.7 Å². The summed E-state index contributed by atoms with van der Waals surface area (Å²) in [6.07, 6.45) is 4.45. The molecule has 0 aliphatic heterocycles. The highest BCUT2D eigenvalue weighted by Gasteiger charge is 2.19. The van der Waals surface area contributed by atoms with Gasteiger partial charge in [0.25, 0.3) is 5.91 Å². The minimum atomic E-state index is -0.621. The minimum absolute atomic E-state index is 0.217. The third kappa shape index (κ3) is 3.88. The molecule has 1 aromatic carbocycles. The number of carbonyl (C=O) groups is 1. The van der Waals surface area contributed by atoms with Gasteiger partial charge in [-0.1, -0.05) is 18.2 Å². The topological polar surface area (TPSA) is 160 Å². The Morgan fingerprint density at radius 3 is 2.82 bits per heavy atom. The average Bonchev–Trinajstić information content (AvgIpc) is 3.43. The van der Waals surface area contributed by atoms with Crippen molar-refractivity contribution in [3.05, 3.63) is 66.3 Å². The van der Waals surface area contributed by atoms with Crippen molar-refractivity contribution >= 4 is 28.3 Å². The van der Waals surface area contributed by atoms with Crippen LogP contribution in [0.3, 0.4) is 0 Å². The summed E-state index contributed by atoms with van der Waals surface area (Å²) in [4.78, 5) is 24.8. The SMILES string of the molecule is COc1cnc(-c2nn(Cc3nnc(C)o3)c3ccccc23)nc1Nc1ccncc1C(N)=O. The molecule has 34 heavy (non-hydrogen) atoms. The van der Waals surface area contributed by atoms with Crippen molar-refractivity contribution in [1.29, 1.82) is 0 Å². The molecular weight excluding hydrogens is 438 g/mol. The molecule has 12 nitrogen and oxygen atoms in total. The summed E-state index contributed by atoms with van der Waals surface area (Å²) in [6, 6.07) is 9.32. The van der Waals surface area contributed by atoms with E-state index in [0.717, 1.165) is 10.9 Å². The molecule has 170 valence electrons. The fraction of sp³-hybridized carbons (Fsp3) is 0.136. The number of nitrogens with two attached hydrogens (primary N) is 1. The molecule has 0 aliphatic carbocycles. The van der Waals surface area contributed by atoms with Gasteiger partial charge in [0.15, 0.2) is 17.4 Å². The Kier molecular flexibility index (Phi) is 5.30. The number of methoxy groups -OCH3 is 1. The Hall–Kier alpha value is -4.87. The maximum absolute atomic E-state index is 11.8. The molecule has 3 N–H and O–H groups in total. The van der Waals surface area contributed by atoms with Crippen LogP contribution in [0.25, 0.3) is 22.4 Å². The van der Waals surface area contributed by atoms with Crippen molar-refractivity contribution in [3.8, 4) is 17.3 Å². The molecule has 0 fully saturated rings. The minimum Gasteiger partial charge on any atom is -0.491 e. The second kappa shape index (κ2) is 8.58. The molecule has 0 spiro atoms. The molecule has 0 radical (unpaired) electrons. The molecule has 0 atom stereocenters. The summed E-state index contributed by atoms with van der Waals surface area (Å²) in [5.41, 5.74) is 7.54. The van der Waals surface area contributed by atoms with Crippen LogP contribution in [0, 0.1) is 6.92 Å². The van der Waals surface area contributed by atoms with Gasteiger partial charge >= 0.3 is 0 Å². The summed E-state index contributed by atoms with van der Waals surface area (Å²) in [7, 11) is 1.50. The van der Waals surface area contributed by atoms with Gasteiger partial charge in [0.2, 0.25) is 11.8 Å². The summed E-state index contributed by atoms with van der Waals surface area (Å²) < 4.78 is 12.7. The average molecular weight is 457 g/mol. The van der Waals surface area contributed by atoms with Gasteiger partial charge in [0.05, 0.1) is 30.1 Å². The van der Waals surface area contributed by atoms with Crippen molar-refractivity contribution < 1.29 is 13.9 Å². The molecule has 0 saturated heterocycles. The first kappa shape index (κ1) is 21.0. The van der Waals surface area contributed by atoms with E-state index in [2.05, 4.69) is 30.5 Å². The number of fused-ring (bicyclic) bond motifs is 1. The Bertz CT molecular complexity index is 1510. The number of nitrogens with zero attached hydrogens (tertiary/aromatic N) is 7. The number of aromatic nitrogens is 7. The Morgan fingerprint density at radius 2 is 2.06 bits per heavy atom. The van der Waals surface area contributed by atoms with Gasteiger partial charge in [-0.3, -0.25) is 14.5 Å². The van der Waals surface area contributed by atoms with Gasteiger partial charge in [-0.25, -0.2) is 9.97 Å². The number of pyridine rings is 1. The Balaban J connectivity index is 1.58. The highest BCUT2D eigenvalue weighted by atomic mass is 16.5. The lowest BCUT2D eigenvalue weighted by atomic mass is 10.2. The van der Waals surface area contributed by atoms with Gasteiger partial charge in [-0.05, 0) is 12.1 Å². The molecule has 0 bridgehead atoms. The molecule has 0 saturated carbocycles. The van der Waals surface area contributed by atoms with E-state index < -0.39 is 5.91 Å². The van der Waals surface area contributed by atoms with Crippen molar-refractivity contribution in [2.24, 2.45) is 5.73 Å². The van der Waals surface area contributed by atoms with Crippen molar-refractivity contribution in [2.75, 3.05) is 12.4 Å². The number of anilines is 2. The normalized spacial score (nSPS) is 11.0. The van der Waals surface area contributed by atoms with Crippen LogP contribution >= 0.6 is 0 Å². The number of hydrogen-bond acceptors (Lipinski definition) is 10. The summed E-state index contributed by atoms with van der Waals surface area (Å²) >= 11 is 0. The maximum atomic E-state index is 11.8. The number of hydrogen-bond donors (Lipinski definition) is 2. The lowest BCUT2D eigenvalue weighted by Gasteiger charge is -2.12. The third-order valence-corrected chi connectivity index (χ3v) is 5.04. The van der Waals surface area contributed by atoms with E-state index in [-0.39, 0.29) is 5.56 Å². The fourth-order valence-electron chi connectivity index (χ4n) is 3.49. The number of primary amides is 1. The van der Waals surface area contributed by atoms with E-state index in [1.165, 1.54) is 25.7 Å². The number of aryl methyl sites for hydroxylation is 1. The van der Waals surface area contributed by atoms with Crippen LogP contribution in [0.5, 0.6) is 5.75 Å². The van der Waals surface area contributed by atoms with Gasteiger partial charge < -0.3 is 20.2 Å². The molecule has 0 unspecified atom stereocenters. The van der Waals surface area contributed by atoms with E-state index in [4.69, 9.17) is 20.0 Å². The van der Waals surface area contributed by atoms with Gasteiger partial charge in [-0.15, -0.1) is 10.2 Å². The zero-order chi connectivity index (χ0) is 23.7. The van der Waals surface area contributed by atoms with Crippen LogP contribution < -0.4 is 15.8 Å². The summed E-state index contributed by atoms with van der Waals surface area (Å²) in [6.45, 7) is 2.02. The van der Waals surface area contributed by atoms with E-state index in [9.17, 15) is 4.79 Å². The summed E-state index contributed by atoms with van der Waals surface area (Å²) in [5, 5.41) is 16.6. The van der Waals surface area contributed by atoms with Crippen molar-refractivity contribution in [3.63, 3.8) is 0 Å². The molecule has 0 aliphatic rings. The number of rotatable bonds is 7. The first-order chi connectivity index (χ1) is 16.5. The second-order valence-electron chi connectivity index (χ2n) is 7.26. The maximum Gasteiger partial charge on any atom is 0.252 e. The standard InChI is InChI=1S/C22H19N9O3/c1-12-28-29-18(34-12)11-31-16-6-4-3-5-13(16)19(30-31)22-25-10-17(33-2)21(27-22)26-15-7-8-24-9-14(15)20(23)32/h3-10H,11H2,1-2H3,(H2,23,32)(H,24,25,26,27). The van der Waals surface area contributed by atoms with Crippen LogP contribution in [-0.4, -0.2) is 47.9 Å². The van der Waals surface area contributed by atoms with Crippen molar-refractivity contribution in [1.82, 2.24) is 34.9 Å². The first-order valence-electron chi connectivity index (χ1n) is 10.2. The number of amides is 1. The lowest BCUT2D eigenvalue weighted by molar-refractivity contribution is 0.100. The largest absolute Gasteiger partial charge is 0.491 e. The molecule has 4 aromatic heterocycles. The highest BCUT2D eigenvalue weighted by molar-refractivity contribution is 5.99. The van der Waals surface area contributed by atoms with Crippen LogP contribution in [0.2, 0.25) is 0 Å². The fourth-order valence-corrected chi connectivity index (χ4v) is 3.49. The molecule has 12 heteroatoms. The van der Waals surface area contributed by atoms with Crippen molar-refractivity contribution in [2.45, 2.75) is 13.5 Å². The number of carbonyl (C=O) groups excluding carboxylic acids is 1.